The molecule has 0 aliphatic carbocycles. The maximum atomic E-state index is 13.0. The zero-order chi connectivity index (χ0) is 13.7. The molecular weight excluding hydrogens is 265 g/mol. The van der Waals surface area contributed by atoms with Crippen molar-refractivity contribution in [2.75, 3.05) is 6.54 Å². The first-order valence-electron chi connectivity index (χ1n) is 6.11. The number of furan rings is 1. The van der Waals surface area contributed by atoms with Crippen molar-refractivity contribution in [1.82, 2.24) is 5.32 Å². The van der Waals surface area contributed by atoms with E-state index in [0.29, 0.717) is 17.2 Å². The molecule has 3 nitrogen and oxygen atoms in total. The van der Waals surface area contributed by atoms with E-state index >= 15 is 0 Å². The summed E-state index contributed by atoms with van der Waals surface area (Å²) in [6.07, 6.45) is 0. The number of benzene rings is 1. The fourth-order valence-electron chi connectivity index (χ4n) is 1.66. The monoisotopic (exact) mass is 281 g/mol. The molecule has 0 saturated carbocycles. The van der Waals surface area contributed by atoms with Crippen LogP contribution in [0.25, 0.3) is 0 Å². The first kappa shape index (κ1) is 14.0. The van der Waals surface area contributed by atoms with Gasteiger partial charge in [0, 0.05) is 4.90 Å². The normalized spacial score (nSPS) is 12.5. The summed E-state index contributed by atoms with van der Waals surface area (Å²) in [7, 11) is -1.29. The molecular formula is C14H16FNO2S. The summed E-state index contributed by atoms with van der Waals surface area (Å²) in [4.78, 5) is 0.477. The van der Waals surface area contributed by atoms with Gasteiger partial charge >= 0.3 is 0 Å². The van der Waals surface area contributed by atoms with Gasteiger partial charge in [-0.15, -0.1) is 0 Å². The van der Waals surface area contributed by atoms with E-state index in [1.807, 2.05) is 19.1 Å². The predicted octanol–water partition coefficient (Wildman–Crippen LogP) is 2.84. The summed E-state index contributed by atoms with van der Waals surface area (Å²) in [6, 6.07) is 9.51. The van der Waals surface area contributed by atoms with Crippen molar-refractivity contribution < 1.29 is 13.0 Å². The second-order valence-corrected chi connectivity index (χ2v) is 5.55. The lowest BCUT2D eigenvalue weighted by atomic mass is 10.4. The van der Waals surface area contributed by atoms with Gasteiger partial charge in [-0.05, 0) is 36.9 Å². The maximum Gasteiger partial charge on any atom is 0.124 e. The summed E-state index contributed by atoms with van der Waals surface area (Å²) < 4.78 is 30.7. The highest BCUT2D eigenvalue weighted by atomic mass is 32.2. The van der Waals surface area contributed by atoms with Crippen molar-refractivity contribution >= 4 is 10.8 Å². The summed E-state index contributed by atoms with van der Waals surface area (Å²) in [6.45, 7) is 3.54. The first-order valence-corrected chi connectivity index (χ1v) is 7.43. The second kappa shape index (κ2) is 6.63. The summed E-state index contributed by atoms with van der Waals surface area (Å²) >= 11 is 0. The van der Waals surface area contributed by atoms with Crippen LogP contribution in [0.5, 0.6) is 0 Å². The SMILES string of the molecule is CCNCc1ccc(CS(=O)c2cccc(F)c2)o1. The average molecular weight is 281 g/mol. The van der Waals surface area contributed by atoms with Crippen LogP contribution < -0.4 is 5.32 Å². The van der Waals surface area contributed by atoms with Crippen LogP contribution in [0.4, 0.5) is 4.39 Å². The molecule has 102 valence electrons. The van der Waals surface area contributed by atoms with Crippen molar-refractivity contribution in [3.8, 4) is 0 Å². The van der Waals surface area contributed by atoms with Crippen LogP contribution in [0.3, 0.4) is 0 Å². The Kier molecular flexibility index (Phi) is 4.87. The van der Waals surface area contributed by atoms with Gasteiger partial charge in [0.25, 0.3) is 0 Å². The van der Waals surface area contributed by atoms with E-state index in [9.17, 15) is 8.60 Å². The lowest BCUT2D eigenvalue weighted by molar-refractivity contribution is 0.461. The highest BCUT2D eigenvalue weighted by molar-refractivity contribution is 7.84. The van der Waals surface area contributed by atoms with Gasteiger partial charge in [0.1, 0.15) is 17.3 Å². The van der Waals surface area contributed by atoms with Crippen molar-refractivity contribution in [2.24, 2.45) is 0 Å². The third kappa shape index (κ3) is 4.01. The Morgan fingerprint density at radius 3 is 2.79 bits per heavy atom. The number of nitrogens with one attached hydrogen (secondary N) is 1. The fourth-order valence-corrected chi connectivity index (χ4v) is 2.72. The largest absolute Gasteiger partial charge is 0.464 e. The number of hydrogen-bond donors (Lipinski definition) is 1. The molecule has 0 bridgehead atoms. The molecule has 1 N–H and O–H groups in total. The molecule has 2 aromatic rings. The van der Waals surface area contributed by atoms with E-state index < -0.39 is 10.8 Å². The Hall–Kier alpha value is -1.46. The molecule has 0 aliphatic heterocycles. The fraction of sp³-hybridized carbons (Fsp3) is 0.286. The average Bonchev–Trinajstić information content (AvgIpc) is 2.84. The summed E-state index contributed by atoms with van der Waals surface area (Å²) in [5.41, 5.74) is 0. The minimum absolute atomic E-state index is 0.260. The molecule has 1 unspecified atom stereocenters. The molecule has 1 atom stereocenters. The second-order valence-electron chi connectivity index (χ2n) is 4.10. The van der Waals surface area contributed by atoms with Crippen molar-refractivity contribution in [3.63, 3.8) is 0 Å². The van der Waals surface area contributed by atoms with Crippen molar-refractivity contribution in [2.45, 2.75) is 24.1 Å². The van der Waals surface area contributed by atoms with Gasteiger partial charge in [-0.3, -0.25) is 4.21 Å². The van der Waals surface area contributed by atoms with Gasteiger partial charge in [-0.25, -0.2) is 4.39 Å². The van der Waals surface area contributed by atoms with E-state index in [4.69, 9.17) is 4.42 Å². The van der Waals surface area contributed by atoms with Crippen LogP contribution in [0.2, 0.25) is 0 Å². The van der Waals surface area contributed by atoms with Crippen molar-refractivity contribution in [1.29, 1.82) is 0 Å². The molecule has 5 heteroatoms. The Balaban J connectivity index is 2.00. The minimum atomic E-state index is -1.29. The third-order valence-electron chi connectivity index (χ3n) is 2.60. The van der Waals surface area contributed by atoms with E-state index in [-0.39, 0.29) is 11.6 Å². The first-order chi connectivity index (χ1) is 9.19. The molecule has 2 rings (SSSR count). The Labute approximate surface area is 114 Å². The molecule has 0 spiro atoms. The molecule has 0 amide bonds. The van der Waals surface area contributed by atoms with Crippen LogP contribution in [0.1, 0.15) is 18.4 Å². The van der Waals surface area contributed by atoms with Crippen LogP contribution in [0, 0.1) is 5.82 Å². The van der Waals surface area contributed by atoms with E-state index in [1.165, 1.54) is 12.1 Å². The van der Waals surface area contributed by atoms with Gasteiger partial charge < -0.3 is 9.73 Å². The molecule has 0 saturated heterocycles. The zero-order valence-electron chi connectivity index (χ0n) is 10.7. The van der Waals surface area contributed by atoms with Crippen LogP contribution >= 0.6 is 0 Å². The minimum Gasteiger partial charge on any atom is -0.464 e. The molecule has 0 radical (unpaired) electrons. The number of rotatable bonds is 6. The van der Waals surface area contributed by atoms with Crippen LogP contribution in [0.15, 0.2) is 45.7 Å². The molecule has 1 heterocycles. The topological polar surface area (TPSA) is 42.2 Å². The van der Waals surface area contributed by atoms with E-state index in [1.54, 1.807) is 12.1 Å². The zero-order valence-corrected chi connectivity index (χ0v) is 11.5. The molecule has 0 aliphatic rings. The Morgan fingerprint density at radius 2 is 2.05 bits per heavy atom. The maximum absolute atomic E-state index is 13.0. The molecule has 0 fully saturated rings. The van der Waals surface area contributed by atoms with Gasteiger partial charge in [0.15, 0.2) is 0 Å². The highest BCUT2D eigenvalue weighted by Gasteiger charge is 2.09. The van der Waals surface area contributed by atoms with Crippen molar-refractivity contribution in [3.05, 3.63) is 53.7 Å². The summed E-state index contributed by atoms with van der Waals surface area (Å²) in [5.74, 6) is 1.34. The molecule has 19 heavy (non-hydrogen) atoms. The van der Waals surface area contributed by atoms with Gasteiger partial charge in [0.2, 0.25) is 0 Å². The number of hydrogen-bond acceptors (Lipinski definition) is 3. The standard InChI is InChI=1S/C14H16FNO2S/c1-2-16-9-12-6-7-13(18-12)10-19(17)14-5-3-4-11(15)8-14/h3-8,16H,2,9-10H2,1H3. The van der Waals surface area contributed by atoms with Crippen LogP contribution in [-0.2, 0) is 23.1 Å². The van der Waals surface area contributed by atoms with E-state index in [2.05, 4.69) is 5.32 Å². The van der Waals surface area contributed by atoms with Crippen LogP contribution in [-0.4, -0.2) is 10.8 Å². The van der Waals surface area contributed by atoms with Gasteiger partial charge in [-0.1, -0.05) is 13.0 Å². The van der Waals surface area contributed by atoms with E-state index in [0.717, 1.165) is 12.3 Å². The Morgan fingerprint density at radius 1 is 1.26 bits per heavy atom. The molecule has 1 aromatic heterocycles. The third-order valence-corrected chi connectivity index (χ3v) is 3.93. The lowest BCUT2D eigenvalue weighted by Crippen LogP contribution is -2.10. The summed E-state index contributed by atoms with van der Waals surface area (Å²) in [5, 5.41) is 3.15. The predicted molar refractivity (Wildman–Crippen MR) is 72.6 cm³/mol. The smallest absolute Gasteiger partial charge is 0.124 e. The Bertz CT molecular complexity index is 568. The highest BCUT2D eigenvalue weighted by Crippen LogP contribution is 2.15. The lowest BCUT2D eigenvalue weighted by Gasteiger charge is -2.01. The quantitative estimate of drug-likeness (QED) is 0.885. The number of halogens is 1. The van der Waals surface area contributed by atoms with Gasteiger partial charge in [-0.2, -0.15) is 0 Å². The van der Waals surface area contributed by atoms with Gasteiger partial charge in [0.05, 0.1) is 23.1 Å². The molecule has 1 aromatic carbocycles.